The van der Waals surface area contributed by atoms with Crippen molar-refractivity contribution in [1.82, 2.24) is 44.4 Å². The van der Waals surface area contributed by atoms with E-state index in [1.165, 1.54) is 87.3 Å². The van der Waals surface area contributed by atoms with E-state index in [-0.39, 0.29) is 49.2 Å². The molecule has 4 aromatic carbocycles. The molecule has 5 saturated heterocycles. The number of hydrogen-bond acceptors (Lipinski definition) is 22. The SMILES string of the molecule is CN1CCCC(C(=O)O)C1.CN1CCCC(c2nc3cc(B4OC(C)(C)C(C)(C)O4)ccc3s2)C1.CN1CCCC(c2nc3cc(Br)ccc3s2)C1.C[C@H]1CC=C(OS(=O)(=O)C(F)(F)F)N(C(=O)OC(C)(C)C)C1.C[C@H]1CC=C(c2ccc3sc(C4CCCN(C)C4)nc3c2)N(C(=O)OC(C)(C)C)C1.Nc1cc(Br)ccc1S. The van der Waals surface area contributed by atoms with Crippen molar-refractivity contribution >= 4 is 161 Å². The molecule has 0 spiro atoms. The van der Waals surface area contributed by atoms with Crippen LogP contribution < -0.4 is 11.2 Å². The molecule has 7 aromatic rings. The third-order valence-electron chi connectivity index (χ3n) is 20.6. The van der Waals surface area contributed by atoms with E-state index in [4.69, 9.17) is 44.6 Å². The van der Waals surface area contributed by atoms with Gasteiger partial charge in [0.1, 0.15) is 11.2 Å². The molecule has 5 fully saturated rings. The Kier molecular flexibility index (Phi) is 31.5. The van der Waals surface area contributed by atoms with E-state index in [1.54, 1.807) is 32.6 Å². The lowest BCUT2D eigenvalue weighted by Crippen LogP contribution is -2.42. The van der Waals surface area contributed by atoms with E-state index < -0.39 is 44.8 Å². The molecule has 6 atom stereocenters. The fourth-order valence-corrected chi connectivity index (χ4v) is 18.5. The average Bonchev–Trinajstić information content (AvgIpc) is 1.66. The minimum absolute atomic E-state index is 0.00583. The van der Waals surface area contributed by atoms with Gasteiger partial charge in [-0.05, 0) is 272 Å². The number of anilines is 1. The number of thiol groups is 1. The molecule has 0 radical (unpaired) electrons. The zero-order valence-electron chi connectivity index (χ0n) is 67.9. The minimum atomic E-state index is -5.84. The summed E-state index contributed by atoms with van der Waals surface area (Å²) in [5.74, 6) is 0.599. The maximum absolute atomic E-state index is 12.9. The Bertz CT molecular complexity index is 4590. The monoisotopic (exact) mass is 1790 g/mol. The van der Waals surface area contributed by atoms with E-state index in [0.29, 0.717) is 35.9 Å². The molecule has 0 saturated carbocycles. The Morgan fingerprint density at radius 1 is 0.593 bits per heavy atom. The molecule has 0 aliphatic carbocycles. The number of benzene rings is 4. The highest BCUT2D eigenvalue weighted by Gasteiger charge is 2.52. The number of thiazole rings is 3. The van der Waals surface area contributed by atoms with Crippen LogP contribution in [0.1, 0.15) is 186 Å². The first-order chi connectivity index (χ1) is 52.8. The van der Waals surface area contributed by atoms with Crippen molar-refractivity contribution in [2.45, 2.75) is 198 Å². The standard InChI is InChI=1S/C24H33N3O2S.C19H27BN2O2S.C13H15BrN2S.C12H18F3NO5S.C7H13NO2.C6H6BrNS/c1-16-8-10-20(27(14-16)23(28)29-24(2,3)4)17-9-11-21-19(13-17)25-22(30-21)18-7-6-12-26(5)15-18;1-18(2)19(3,4)24-20(23-18)14-8-9-16-15(11-14)21-17(25-16)13-7-6-10-22(5)12-13;1-16-6-2-3-9(8-16)13-15-11-7-10(14)4-5-12(11)17-13;1-8-5-6-9(21-22(18,19)12(13,14)15)16(7-8)10(17)20-11(2,3)4;1-8-4-2-3-6(5-8)7(9)10;7-4-1-2-6(9)5(8)3-4/h9-11,13,16,18H,6-8,12,14-15H2,1-5H3;8-9,11,13H,6-7,10,12H2,1-5H3;4-5,7,9H,2-3,6,8H2,1H3;6,8H,5,7H2,1-4H3;6H,2-5H2,1H3,(H,9,10);1-3,9H,8H2/t16-,18?;;;8-;;/m0..0../s1. The molecule has 3 N–H and O–H groups in total. The van der Waals surface area contributed by atoms with Gasteiger partial charge in [0.25, 0.3) is 0 Å². The van der Waals surface area contributed by atoms with Crippen molar-refractivity contribution in [2.75, 3.05) is 99.4 Å². The molecule has 4 unspecified atom stereocenters. The lowest BCUT2D eigenvalue weighted by molar-refractivity contribution is -0.143. The number of carboxylic acid groups (broad SMARTS) is 1. The van der Waals surface area contributed by atoms with Gasteiger partial charge in [-0.3, -0.25) is 9.69 Å². The minimum Gasteiger partial charge on any atom is -0.481 e. The molecule has 10 heterocycles. The van der Waals surface area contributed by atoms with E-state index in [1.807, 2.05) is 80.0 Å². The number of nitrogen functional groups attached to an aromatic ring is 1. The van der Waals surface area contributed by atoms with Gasteiger partial charge in [0.2, 0.25) is 5.88 Å². The molecule has 3 aromatic heterocycles. The number of nitrogens with two attached hydrogens (primary N) is 1. The summed E-state index contributed by atoms with van der Waals surface area (Å²) in [6.07, 6.45) is 12.7. The predicted molar refractivity (Wildman–Crippen MR) is 460 cm³/mol. The number of carbonyl (C=O) groups excluding carboxylic acids is 2. The fraction of sp³-hybridized carbons (Fsp3) is 0.580. The van der Waals surface area contributed by atoms with Gasteiger partial charge in [-0.1, -0.05) is 63.9 Å². The summed E-state index contributed by atoms with van der Waals surface area (Å²) in [6, 6.07) is 24.8. The summed E-state index contributed by atoms with van der Waals surface area (Å²) in [5, 5.41) is 12.4. The molecular weight excluding hydrogens is 1680 g/mol. The van der Waals surface area contributed by atoms with Crippen LogP contribution in [0.4, 0.5) is 28.4 Å². The zero-order valence-corrected chi connectivity index (χ0v) is 75.2. The lowest BCUT2D eigenvalue weighted by Gasteiger charge is -2.33. The van der Waals surface area contributed by atoms with Gasteiger partial charge in [-0.2, -0.15) is 21.6 Å². The van der Waals surface area contributed by atoms with Crippen molar-refractivity contribution in [3.05, 3.63) is 120 Å². The summed E-state index contributed by atoms with van der Waals surface area (Å²) in [7, 11) is 2.41. The number of ether oxygens (including phenoxy) is 2. The van der Waals surface area contributed by atoms with Gasteiger partial charge in [-0.25, -0.2) is 29.4 Å². The number of halogens is 5. The van der Waals surface area contributed by atoms with Crippen LogP contribution in [0.5, 0.6) is 0 Å². The topological polar surface area (TPSA) is 236 Å². The number of alkyl halides is 3. The number of piperidine rings is 4. The second-order valence-electron chi connectivity index (χ2n) is 33.7. The Morgan fingerprint density at radius 2 is 1.01 bits per heavy atom. The number of nitrogens with zero attached hydrogens (tertiary/aromatic N) is 9. The van der Waals surface area contributed by atoms with Gasteiger partial charge in [-0.15, -0.1) is 46.6 Å². The summed E-state index contributed by atoms with van der Waals surface area (Å²) in [4.78, 5) is 62.8. The van der Waals surface area contributed by atoms with E-state index >= 15 is 0 Å². The third-order valence-corrected chi connectivity index (χ3v) is 26.5. The van der Waals surface area contributed by atoms with E-state index in [9.17, 15) is 36.0 Å². The number of likely N-dealkylation sites (tertiary alicyclic amines) is 4. The van der Waals surface area contributed by atoms with Crippen LogP contribution in [0.2, 0.25) is 0 Å². The van der Waals surface area contributed by atoms with Crippen LogP contribution in [-0.4, -0.2) is 205 Å². The van der Waals surface area contributed by atoms with Crippen molar-refractivity contribution < 1.29 is 64.0 Å². The summed E-state index contributed by atoms with van der Waals surface area (Å²) in [5.41, 5.74) is 4.90. The number of likely N-dealkylation sites (N-methyl/N-ethyl adjacent to an activating group) is 3. The Morgan fingerprint density at radius 3 is 1.45 bits per heavy atom. The van der Waals surface area contributed by atoms with Crippen LogP contribution in [0, 0.1) is 17.8 Å². The highest BCUT2D eigenvalue weighted by molar-refractivity contribution is 9.10. The molecule has 7 aliphatic heterocycles. The highest BCUT2D eigenvalue weighted by Crippen LogP contribution is 2.41. The quantitative estimate of drug-likeness (QED) is 0.0422. The molecule has 2 amide bonds. The van der Waals surface area contributed by atoms with Crippen LogP contribution in [0.15, 0.2) is 105 Å². The normalized spacial score (nSPS) is 22.7. The highest BCUT2D eigenvalue weighted by atomic mass is 79.9. The largest absolute Gasteiger partial charge is 0.534 e. The predicted octanol–water partition coefficient (Wildman–Crippen LogP) is 18.7. The van der Waals surface area contributed by atoms with Crippen molar-refractivity contribution in [3.8, 4) is 0 Å². The molecule has 0 bridgehead atoms. The maximum Gasteiger partial charge on any atom is 0.534 e. The number of hydrogen-bond donors (Lipinski definition) is 3. The summed E-state index contributed by atoms with van der Waals surface area (Å²) < 4.78 is 92.4. The first-order valence-electron chi connectivity index (χ1n) is 38.7. The Balaban J connectivity index is 0.000000162. The number of amides is 2. The second-order valence-corrected chi connectivity index (χ2v) is 40.7. The van der Waals surface area contributed by atoms with Crippen LogP contribution in [0.3, 0.4) is 0 Å². The molecule has 32 heteroatoms. The van der Waals surface area contributed by atoms with Gasteiger partial charge in [0, 0.05) is 82.1 Å². The van der Waals surface area contributed by atoms with Crippen LogP contribution in [-0.2, 0) is 37.9 Å². The summed E-state index contributed by atoms with van der Waals surface area (Å²) >= 11 is 16.4. The molecule has 113 heavy (non-hydrogen) atoms. The number of rotatable bonds is 8. The smallest absolute Gasteiger partial charge is 0.481 e. The van der Waals surface area contributed by atoms with Gasteiger partial charge in [0.05, 0.1) is 68.5 Å². The van der Waals surface area contributed by atoms with Gasteiger partial charge >= 0.3 is 40.9 Å². The summed E-state index contributed by atoms with van der Waals surface area (Å²) in [6.45, 7) is 32.1. The molecule has 21 nitrogen and oxygen atoms in total. The Labute approximate surface area is 699 Å². The third kappa shape index (κ3) is 26.0. The molecular formula is C81H112BBr2F3N10O11S5. The maximum atomic E-state index is 12.9. The van der Waals surface area contributed by atoms with Gasteiger partial charge < -0.3 is 53.4 Å². The Hall–Kier alpha value is -5.49. The number of allylic oxidation sites excluding steroid dienone is 2. The second kappa shape index (κ2) is 38.9. The molecule has 620 valence electrons. The van der Waals surface area contributed by atoms with Gasteiger partial charge in [0.15, 0.2) is 0 Å². The molecule has 7 aliphatic rings. The first-order valence-corrected chi connectivity index (χ1v) is 44.5. The zero-order chi connectivity index (χ0) is 82.9. The number of aromatic nitrogens is 3. The number of fused-ring (bicyclic) bond motifs is 3. The fourth-order valence-electron chi connectivity index (χ4n) is 13.9. The van der Waals surface area contributed by atoms with Crippen molar-refractivity contribution in [3.63, 3.8) is 0 Å². The van der Waals surface area contributed by atoms with Crippen molar-refractivity contribution in [2.24, 2.45) is 17.8 Å². The average molecular weight is 1790 g/mol. The number of aliphatic carboxylic acids is 1. The lowest BCUT2D eigenvalue weighted by atomic mass is 9.79. The molecule has 14 rings (SSSR count). The van der Waals surface area contributed by atoms with Crippen LogP contribution in [0.25, 0.3) is 36.3 Å². The number of carboxylic acids is 1. The first kappa shape index (κ1) is 91.4. The van der Waals surface area contributed by atoms with Crippen molar-refractivity contribution in [1.29, 1.82) is 0 Å². The van der Waals surface area contributed by atoms with E-state index in [2.05, 4.69) is 185 Å². The number of carbonyl (C=O) groups is 3. The van der Waals surface area contributed by atoms with Crippen LogP contribution >= 0.6 is 78.5 Å². The van der Waals surface area contributed by atoms with E-state index in [0.717, 1.165) is 110 Å².